The average Bonchev–Trinajstić information content (AvgIpc) is 3.59. The lowest BCUT2D eigenvalue weighted by atomic mass is 10.0. The van der Waals surface area contributed by atoms with Crippen molar-refractivity contribution < 1.29 is 13.7 Å². The molecule has 7 N–H and O–H groups in total. The highest BCUT2D eigenvalue weighted by molar-refractivity contribution is 6.31. The van der Waals surface area contributed by atoms with E-state index in [2.05, 4.69) is 15.1 Å². The SMILES string of the molecule is CN1/C(=C\C(=C/C=O)c2cc(Cl)ccc2N(N)/C=C(\N)Cl)CCC1c1nc(-c2ccc3c(N)noc3c2)c(F)[nH]1. The zero-order valence-corrected chi connectivity index (χ0v) is 22.7. The molecule has 1 fully saturated rings. The third-order valence-corrected chi connectivity index (χ3v) is 7.07. The van der Waals surface area contributed by atoms with Gasteiger partial charge in [-0.05, 0) is 60.9 Å². The third kappa shape index (κ3) is 5.26. The van der Waals surface area contributed by atoms with Crippen molar-refractivity contribution in [1.29, 1.82) is 0 Å². The number of hydrogen-bond donors (Lipinski definition) is 4. The fourth-order valence-corrected chi connectivity index (χ4v) is 5.08. The molecular formula is C27H25Cl2FN8O2. The fourth-order valence-electron chi connectivity index (χ4n) is 4.81. The molecule has 0 radical (unpaired) electrons. The smallest absolute Gasteiger partial charge is 0.219 e. The fraction of sp³-hybridized carbons (Fsp3) is 0.148. The van der Waals surface area contributed by atoms with Gasteiger partial charge >= 0.3 is 0 Å². The van der Waals surface area contributed by atoms with Crippen LogP contribution in [0.15, 0.2) is 70.1 Å². The van der Waals surface area contributed by atoms with Crippen LogP contribution in [0.1, 0.15) is 30.3 Å². The van der Waals surface area contributed by atoms with Gasteiger partial charge in [-0.2, -0.15) is 4.39 Å². The van der Waals surface area contributed by atoms with Gasteiger partial charge in [0.05, 0.1) is 23.3 Å². The van der Waals surface area contributed by atoms with E-state index in [9.17, 15) is 4.79 Å². The van der Waals surface area contributed by atoms with Crippen LogP contribution >= 0.6 is 23.2 Å². The molecule has 1 aliphatic rings. The highest BCUT2D eigenvalue weighted by Gasteiger charge is 2.30. The van der Waals surface area contributed by atoms with E-state index in [1.807, 2.05) is 18.0 Å². The molecule has 2 aromatic heterocycles. The van der Waals surface area contributed by atoms with Gasteiger partial charge in [-0.3, -0.25) is 9.80 Å². The van der Waals surface area contributed by atoms with Crippen molar-refractivity contribution in [1.82, 2.24) is 20.0 Å². The van der Waals surface area contributed by atoms with Gasteiger partial charge in [0.1, 0.15) is 23.0 Å². The van der Waals surface area contributed by atoms with Gasteiger partial charge < -0.3 is 25.9 Å². The van der Waals surface area contributed by atoms with Crippen LogP contribution in [-0.2, 0) is 4.79 Å². The number of imidazole rings is 1. The van der Waals surface area contributed by atoms with Crippen LogP contribution in [0.5, 0.6) is 0 Å². The Morgan fingerprint density at radius 3 is 2.85 bits per heavy atom. The number of halogens is 3. The molecule has 206 valence electrons. The summed E-state index contributed by atoms with van der Waals surface area (Å²) < 4.78 is 20.3. The minimum atomic E-state index is -0.563. The standard InChI is InChI=1S/C27H25Cl2FN8O2/c1-37-17(10-14(8-9-39)19-12-16(28)3-6-20(19)38(33)13-23(29)31)4-7-21(37)27-34-24(25(30)35-27)15-2-5-18-22(11-15)40-36-26(18)32/h2-3,5-6,8-13,21H,4,7,31,33H2,1H3,(H2,32,36)(H,34,35)/b14-8+,17-10-,23-13-. The van der Waals surface area contributed by atoms with Crippen LogP contribution in [0.3, 0.4) is 0 Å². The Bertz CT molecular complexity index is 1690. The highest BCUT2D eigenvalue weighted by atomic mass is 35.5. The van der Waals surface area contributed by atoms with Gasteiger partial charge in [0.2, 0.25) is 5.95 Å². The molecule has 1 aliphatic heterocycles. The molecule has 1 unspecified atom stereocenters. The van der Waals surface area contributed by atoms with E-state index in [0.717, 1.165) is 5.70 Å². The largest absolute Gasteiger partial charge is 0.388 e. The van der Waals surface area contributed by atoms with Crippen molar-refractivity contribution in [3.63, 3.8) is 0 Å². The number of aromatic nitrogens is 3. The summed E-state index contributed by atoms with van der Waals surface area (Å²) in [7, 11) is 1.89. The van der Waals surface area contributed by atoms with Crippen molar-refractivity contribution in [2.75, 3.05) is 17.8 Å². The lowest BCUT2D eigenvalue weighted by Gasteiger charge is -2.23. The van der Waals surface area contributed by atoms with Crippen LogP contribution in [0, 0.1) is 5.95 Å². The van der Waals surface area contributed by atoms with Crippen molar-refractivity contribution in [2.24, 2.45) is 11.6 Å². The molecule has 0 spiro atoms. The molecule has 0 saturated carbocycles. The number of hydrogen-bond acceptors (Lipinski definition) is 9. The Morgan fingerprint density at radius 2 is 2.10 bits per heavy atom. The maximum absolute atomic E-state index is 15.0. The van der Waals surface area contributed by atoms with E-state index in [1.165, 1.54) is 17.3 Å². The number of allylic oxidation sites excluding steroid dienone is 4. The van der Waals surface area contributed by atoms with Gasteiger partial charge in [-0.1, -0.05) is 34.4 Å². The van der Waals surface area contributed by atoms with Crippen molar-refractivity contribution in [3.05, 3.63) is 88.0 Å². The van der Waals surface area contributed by atoms with Gasteiger partial charge in [0.15, 0.2) is 11.4 Å². The number of nitrogens with one attached hydrogen (secondary N) is 1. The molecule has 0 amide bonds. The number of likely N-dealkylation sites (tertiary alicyclic amines) is 1. The average molecular weight is 583 g/mol. The first-order chi connectivity index (χ1) is 19.2. The van der Waals surface area contributed by atoms with Gasteiger partial charge in [-0.25, -0.2) is 10.8 Å². The minimum absolute atomic E-state index is 0.0176. The zero-order chi connectivity index (χ0) is 28.6. The summed E-state index contributed by atoms with van der Waals surface area (Å²) in [6, 6.07) is 9.91. The number of nitrogen functional groups attached to an aromatic ring is 1. The summed E-state index contributed by atoms with van der Waals surface area (Å²) in [5.74, 6) is 6.32. The Hall–Kier alpha value is -4.32. The number of carbonyl (C=O) groups excluding carboxylic acids is 1. The lowest BCUT2D eigenvalue weighted by Crippen LogP contribution is -2.26. The summed E-state index contributed by atoms with van der Waals surface area (Å²) in [6.07, 6.45) is 6.63. The molecule has 3 heterocycles. The number of hydrazine groups is 1. The van der Waals surface area contributed by atoms with Crippen molar-refractivity contribution >= 4 is 57.5 Å². The maximum Gasteiger partial charge on any atom is 0.219 e. The molecule has 1 saturated heterocycles. The van der Waals surface area contributed by atoms with Crippen molar-refractivity contribution in [3.8, 4) is 11.3 Å². The predicted molar refractivity (Wildman–Crippen MR) is 154 cm³/mol. The minimum Gasteiger partial charge on any atom is -0.388 e. The summed E-state index contributed by atoms with van der Waals surface area (Å²) in [6.45, 7) is 0. The third-order valence-electron chi connectivity index (χ3n) is 6.74. The van der Waals surface area contributed by atoms with Crippen LogP contribution in [0.2, 0.25) is 5.02 Å². The van der Waals surface area contributed by atoms with Crippen LogP contribution < -0.4 is 22.3 Å². The monoisotopic (exact) mass is 582 g/mol. The van der Waals surface area contributed by atoms with E-state index in [-0.39, 0.29) is 22.7 Å². The Kier molecular flexibility index (Phi) is 7.53. The van der Waals surface area contributed by atoms with Gasteiger partial charge in [0, 0.05) is 28.9 Å². The number of nitrogens with two attached hydrogens (primary N) is 3. The first kappa shape index (κ1) is 27.3. The van der Waals surface area contributed by atoms with Crippen LogP contribution in [-0.4, -0.2) is 33.4 Å². The number of fused-ring (bicyclic) bond motifs is 1. The molecule has 0 aliphatic carbocycles. The second-order valence-electron chi connectivity index (χ2n) is 9.21. The topological polar surface area (TPSA) is 156 Å². The molecule has 0 bridgehead atoms. The Morgan fingerprint density at radius 1 is 1.30 bits per heavy atom. The molecule has 40 heavy (non-hydrogen) atoms. The lowest BCUT2D eigenvalue weighted by molar-refractivity contribution is -0.104. The van der Waals surface area contributed by atoms with E-state index in [1.54, 1.807) is 36.4 Å². The molecule has 5 rings (SSSR count). The van der Waals surface area contributed by atoms with E-state index in [4.69, 9.17) is 45.0 Å². The molecule has 10 nitrogen and oxygen atoms in total. The number of H-pyrrole nitrogens is 1. The summed E-state index contributed by atoms with van der Waals surface area (Å²) in [5, 5.41) is 6.07. The molecule has 13 heteroatoms. The van der Waals surface area contributed by atoms with Crippen molar-refractivity contribution in [2.45, 2.75) is 18.9 Å². The second kappa shape index (κ2) is 11.0. The summed E-state index contributed by atoms with van der Waals surface area (Å²) in [5.41, 5.74) is 15.1. The Balaban J connectivity index is 1.45. The highest BCUT2D eigenvalue weighted by Crippen LogP contribution is 2.40. The number of benzene rings is 2. The summed E-state index contributed by atoms with van der Waals surface area (Å²) in [4.78, 5) is 21.0. The van der Waals surface area contributed by atoms with Crippen LogP contribution in [0.25, 0.3) is 27.8 Å². The number of aromatic amines is 1. The molecule has 4 aromatic rings. The predicted octanol–water partition coefficient (Wildman–Crippen LogP) is 5.20. The second-order valence-corrected chi connectivity index (χ2v) is 10.1. The van der Waals surface area contributed by atoms with E-state index < -0.39 is 5.95 Å². The normalized spacial score (nSPS) is 17.3. The summed E-state index contributed by atoms with van der Waals surface area (Å²) >= 11 is 12.1. The van der Waals surface area contributed by atoms with E-state index >= 15 is 4.39 Å². The molecular weight excluding hydrogens is 558 g/mol. The maximum atomic E-state index is 15.0. The van der Waals surface area contributed by atoms with Gasteiger partial charge in [0.25, 0.3) is 0 Å². The molecule has 1 atom stereocenters. The molecule has 2 aromatic carbocycles. The number of anilines is 2. The quantitative estimate of drug-likeness (QED) is 0.0755. The first-order valence-corrected chi connectivity index (χ1v) is 12.9. The number of rotatable bonds is 7. The number of carbonyl (C=O) groups is 1. The van der Waals surface area contributed by atoms with E-state index in [0.29, 0.717) is 63.3 Å². The number of aldehydes is 1. The van der Waals surface area contributed by atoms with Gasteiger partial charge in [-0.15, -0.1) is 0 Å². The number of nitrogens with zero attached hydrogens (tertiary/aromatic N) is 4. The zero-order valence-electron chi connectivity index (χ0n) is 21.2. The van der Waals surface area contributed by atoms with Crippen LogP contribution in [0.4, 0.5) is 15.9 Å². The Labute approximate surface area is 238 Å². The first-order valence-electron chi connectivity index (χ1n) is 12.1.